The SMILES string of the molecule is CNC(=O)c1ccc(CN(C(=O)c2ccc(Cl)c(S(=O)(=O)N(C)C)c2)C2CC2)cc1. The van der Waals surface area contributed by atoms with E-state index in [2.05, 4.69) is 5.32 Å². The maximum atomic E-state index is 13.2. The smallest absolute Gasteiger partial charge is 0.254 e. The quantitative estimate of drug-likeness (QED) is 0.704. The van der Waals surface area contributed by atoms with Crippen LogP contribution in [0.3, 0.4) is 0 Å². The zero-order chi connectivity index (χ0) is 22.1. The van der Waals surface area contributed by atoms with Gasteiger partial charge in [0.2, 0.25) is 10.0 Å². The highest BCUT2D eigenvalue weighted by Gasteiger charge is 2.34. The first-order chi connectivity index (χ1) is 14.1. The molecule has 0 aromatic heterocycles. The van der Waals surface area contributed by atoms with Crippen LogP contribution in [-0.4, -0.2) is 56.6 Å². The minimum Gasteiger partial charge on any atom is -0.355 e. The highest BCUT2D eigenvalue weighted by molar-refractivity contribution is 7.89. The van der Waals surface area contributed by atoms with E-state index in [1.807, 2.05) is 12.1 Å². The highest BCUT2D eigenvalue weighted by Crippen LogP contribution is 2.31. The summed E-state index contributed by atoms with van der Waals surface area (Å²) in [6.07, 6.45) is 1.80. The van der Waals surface area contributed by atoms with Crippen LogP contribution in [0.4, 0.5) is 0 Å². The van der Waals surface area contributed by atoms with Crippen molar-refractivity contribution in [1.82, 2.24) is 14.5 Å². The molecule has 0 atom stereocenters. The molecule has 0 heterocycles. The number of rotatable bonds is 7. The van der Waals surface area contributed by atoms with E-state index < -0.39 is 10.0 Å². The standard InChI is InChI=1S/C21H24ClN3O4S/c1-23-20(26)15-6-4-14(5-7-15)13-25(17-9-10-17)21(27)16-8-11-18(22)19(12-16)30(28,29)24(2)3/h4-8,11-12,17H,9-10,13H2,1-3H3,(H,23,26). The third-order valence-electron chi connectivity index (χ3n) is 4.98. The largest absolute Gasteiger partial charge is 0.355 e. The molecular weight excluding hydrogens is 426 g/mol. The van der Waals surface area contributed by atoms with Crippen molar-refractivity contribution in [2.24, 2.45) is 0 Å². The fourth-order valence-corrected chi connectivity index (χ4v) is 4.45. The lowest BCUT2D eigenvalue weighted by molar-refractivity contribution is 0.0729. The Hall–Kier alpha value is -2.42. The summed E-state index contributed by atoms with van der Waals surface area (Å²) >= 11 is 6.10. The van der Waals surface area contributed by atoms with Gasteiger partial charge in [0, 0.05) is 44.9 Å². The predicted molar refractivity (Wildman–Crippen MR) is 115 cm³/mol. The second-order valence-electron chi connectivity index (χ2n) is 7.37. The lowest BCUT2D eigenvalue weighted by Crippen LogP contribution is -2.33. The van der Waals surface area contributed by atoms with Gasteiger partial charge in [0.25, 0.3) is 11.8 Å². The molecule has 0 aliphatic heterocycles. The van der Waals surface area contributed by atoms with Crippen LogP contribution in [0, 0.1) is 0 Å². The van der Waals surface area contributed by atoms with Gasteiger partial charge in [0.05, 0.1) is 5.02 Å². The predicted octanol–water partition coefficient (Wildman–Crippen LogP) is 2.75. The van der Waals surface area contributed by atoms with Crippen LogP contribution in [0.15, 0.2) is 47.4 Å². The van der Waals surface area contributed by atoms with Crippen molar-refractivity contribution in [3.8, 4) is 0 Å². The number of benzene rings is 2. The summed E-state index contributed by atoms with van der Waals surface area (Å²) in [6, 6.07) is 11.5. The second kappa shape index (κ2) is 8.75. The molecule has 1 aliphatic rings. The molecule has 1 aliphatic carbocycles. The van der Waals surface area contributed by atoms with Crippen LogP contribution in [0.5, 0.6) is 0 Å². The van der Waals surface area contributed by atoms with Crippen LogP contribution >= 0.6 is 11.6 Å². The lowest BCUT2D eigenvalue weighted by Gasteiger charge is -2.23. The highest BCUT2D eigenvalue weighted by atomic mass is 35.5. The molecule has 2 amide bonds. The molecule has 2 aromatic carbocycles. The third-order valence-corrected chi connectivity index (χ3v) is 7.28. The molecule has 7 nitrogen and oxygen atoms in total. The molecule has 0 spiro atoms. The van der Waals surface area contributed by atoms with E-state index in [1.165, 1.54) is 26.2 Å². The number of amides is 2. The molecule has 1 fully saturated rings. The molecule has 3 rings (SSSR count). The van der Waals surface area contributed by atoms with Crippen LogP contribution in [0.25, 0.3) is 0 Å². The fourth-order valence-electron chi connectivity index (χ4n) is 3.05. The first kappa shape index (κ1) is 22.3. The fraction of sp³-hybridized carbons (Fsp3) is 0.333. The Labute approximate surface area is 181 Å². The summed E-state index contributed by atoms with van der Waals surface area (Å²) in [5, 5.41) is 2.64. The molecule has 30 heavy (non-hydrogen) atoms. The normalized spacial score (nSPS) is 13.9. The van der Waals surface area contributed by atoms with Gasteiger partial charge in [-0.3, -0.25) is 9.59 Å². The minimum atomic E-state index is -3.78. The zero-order valence-electron chi connectivity index (χ0n) is 17.1. The maximum Gasteiger partial charge on any atom is 0.254 e. The van der Waals surface area contributed by atoms with Crippen LogP contribution in [0.2, 0.25) is 5.02 Å². The van der Waals surface area contributed by atoms with Crippen LogP contribution < -0.4 is 5.32 Å². The van der Waals surface area contributed by atoms with Crippen molar-refractivity contribution < 1.29 is 18.0 Å². The summed E-state index contributed by atoms with van der Waals surface area (Å²) in [6.45, 7) is 0.371. The van der Waals surface area contributed by atoms with Gasteiger partial charge in [0.1, 0.15) is 4.90 Å². The average Bonchev–Trinajstić information content (AvgIpc) is 3.56. The summed E-state index contributed by atoms with van der Waals surface area (Å²) in [5.41, 5.74) is 1.70. The van der Waals surface area contributed by atoms with Gasteiger partial charge in [-0.15, -0.1) is 0 Å². The van der Waals surface area contributed by atoms with Gasteiger partial charge in [-0.25, -0.2) is 12.7 Å². The van der Waals surface area contributed by atoms with E-state index in [9.17, 15) is 18.0 Å². The molecule has 160 valence electrons. The monoisotopic (exact) mass is 449 g/mol. The Morgan fingerprint density at radius 2 is 1.67 bits per heavy atom. The zero-order valence-corrected chi connectivity index (χ0v) is 18.6. The third kappa shape index (κ3) is 4.66. The van der Waals surface area contributed by atoms with E-state index in [1.54, 1.807) is 30.1 Å². The van der Waals surface area contributed by atoms with Gasteiger partial charge in [-0.05, 0) is 48.7 Å². The van der Waals surface area contributed by atoms with Gasteiger partial charge < -0.3 is 10.2 Å². The Bertz CT molecular complexity index is 1060. The molecule has 9 heteroatoms. The van der Waals surface area contributed by atoms with Crippen molar-refractivity contribution in [3.63, 3.8) is 0 Å². The first-order valence-corrected chi connectivity index (χ1v) is 11.3. The van der Waals surface area contributed by atoms with E-state index in [0.29, 0.717) is 12.1 Å². The summed E-state index contributed by atoms with van der Waals surface area (Å²) < 4.78 is 26.1. The van der Waals surface area contributed by atoms with Gasteiger partial charge >= 0.3 is 0 Å². The number of nitrogens with zero attached hydrogens (tertiary/aromatic N) is 2. The molecule has 1 N–H and O–H groups in total. The summed E-state index contributed by atoms with van der Waals surface area (Å²) in [4.78, 5) is 26.6. The van der Waals surface area contributed by atoms with Crippen LogP contribution in [-0.2, 0) is 16.6 Å². The molecule has 0 bridgehead atoms. The van der Waals surface area contributed by atoms with Crippen molar-refractivity contribution in [2.75, 3.05) is 21.1 Å². The maximum absolute atomic E-state index is 13.2. The molecule has 2 aromatic rings. The number of hydrogen-bond donors (Lipinski definition) is 1. The van der Waals surface area contributed by atoms with E-state index in [0.717, 1.165) is 22.7 Å². The molecular formula is C21H24ClN3O4S. The van der Waals surface area contributed by atoms with E-state index in [4.69, 9.17) is 11.6 Å². The van der Waals surface area contributed by atoms with Crippen LogP contribution in [0.1, 0.15) is 39.1 Å². The van der Waals surface area contributed by atoms with E-state index >= 15 is 0 Å². The topological polar surface area (TPSA) is 86.8 Å². The lowest BCUT2D eigenvalue weighted by atomic mass is 10.1. The molecule has 0 radical (unpaired) electrons. The van der Waals surface area contributed by atoms with Crippen molar-refractivity contribution in [1.29, 1.82) is 0 Å². The number of sulfonamides is 1. The van der Waals surface area contributed by atoms with Gasteiger partial charge in [0.15, 0.2) is 0 Å². The van der Waals surface area contributed by atoms with Gasteiger partial charge in [-0.2, -0.15) is 0 Å². The Morgan fingerprint density at radius 3 is 2.20 bits per heavy atom. The summed E-state index contributed by atoms with van der Waals surface area (Å²) in [7, 11) is 0.626. The Balaban J connectivity index is 1.87. The number of nitrogens with one attached hydrogen (secondary N) is 1. The Kier molecular flexibility index (Phi) is 6.50. The average molecular weight is 450 g/mol. The minimum absolute atomic E-state index is 0.0722. The molecule has 0 unspecified atom stereocenters. The van der Waals surface area contributed by atoms with Gasteiger partial charge in [-0.1, -0.05) is 23.7 Å². The first-order valence-electron chi connectivity index (χ1n) is 9.49. The Morgan fingerprint density at radius 1 is 1.07 bits per heavy atom. The van der Waals surface area contributed by atoms with Crippen molar-refractivity contribution >= 4 is 33.4 Å². The number of halogens is 1. The number of carbonyl (C=O) groups excluding carboxylic acids is 2. The summed E-state index contributed by atoms with van der Waals surface area (Å²) in [5.74, 6) is -0.424. The second-order valence-corrected chi connectivity index (χ2v) is 9.90. The van der Waals surface area contributed by atoms with E-state index in [-0.39, 0.29) is 33.3 Å². The number of hydrogen-bond acceptors (Lipinski definition) is 4. The van der Waals surface area contributed by atoms with Crippen molar-refractivity contribution in [2.45, 2.75) is 30.3 Å². The molecule has 1 saturated carbocycles. The number of carbonyl (C=O) groups is 2. The molecule has 0 saturated heterocycles. The van der Waals surface area contributed by atoms with Crippen molar-refractivity contribution in [3.05, 3.63) is 64.2 Å².